The molecule has 2 aromatic heterocycles. The predicted octanol–water partition coefficient (Wildman–Crippen LogP) is 3.17. The molecule has 0 radical (unpaired) electrons. The summed E-state index contributed by atoms with van der Waals surface area (Å²) in [5, 5.41) is 0. The maximum Gasteiger partial charge on any atom is 0.359 e. The Balaban J connectivity index is 2.36. The number of esters is 1. The summed E-state index contributed by atoms with van der Waals surface area (Å²) in [4.78, 5) is 25.6. The van der Waals surface area contributed by atoms with Crippen LogP contribution >= 0.6 is 0 Å². The van der Waals surface area contributed by atoms with Gasteiger partial charge >= 0.3 is 5.97 Å². The smallest absolute Gasteiger partial charge is 0.359 e. The van der Waals surface area contributed by atoms with Crippen molar-refractivity contribution >= 4 is 17.5 Å². The van der Waals surface area contributed by atoms with E-state index in [9.17, 15) is 4.79 Å². The number of benzene rings is 1. The van der Waals surface area contributed by atoms with E-state index < -0.39 is 5.97 Å². The first kappa shape index (κ1) is 20.1. The number of nitrogens with two attached hydrogens (primary N) is 2. The number of rotatable bonds is 5. The Hall–Kier alpha value is -3.68. The quantitative estimate of drug-likeness (QED) is 0.633. The van der Waals surface area contributed by atoms with Gasteiger partial charge in [0.1, 0.15) is 11.6 Å². The lowest BCUT2D eigenvalue weighted by Gasteiger charge is -2.17. The van der Waals surface area contributed by atoms with Crippen molar-refractivity contribution in [2.24, 2.45) is 0 Å². The van der Waals surface area contributed by atoms with Crippen LogP contribution in [0, 0.1) is 13.8 Å². The van der Waals surface area contributed by atoms with Crippen LogP contribution in [0.5, 0.6) is 5.75 Å². The predicted molar refractivity (Wildman–Crippen MR) is 112 cm³/mol. The van der Waals surface area contributed by atoms with Gasteiger partial charge in [0, 0.05) is 17.3 Å². The zero-order chi connectivity index (χ0) is 21.1. The summed E-state index contributed by atoms with van der Waals surface area (Å²) in [5.41, 5.74) is 15.9. The summed E-state index contributed by atoms with van der Waals surface area (Å²) in [6, 6.07) is 7.23. The number of carbonyl (C=O) groups is 1. The number of ether oxygens (including phenoxy) is 2. The van der Waals surface area contributed by atoms with Crippen LogP contribution < -0.4 is 16.2 Å². The molecule has 0 saturated carbocycles. The molecule has 4 N–H and O–H groups in total. The molecule has 0 saturated heterocycles. The molecule has 0 fully saturated rings. The molecule has 0 unspecified atom stereocenters. The van der Waals surface area contributed by atoms with Gasteiger partial charge in [-0.2, -0.15) is 0 Å². The molecule has 0 aliphatic carbocycles. The zero-order valence-electron chi connectivity index (χ0n) is 16.8. The molecule has 0 bridgehead atoms. The normalized spacial score (nSPS) is 10.6. The lowest BCUT2D eigenvalue weighted by molar-refractivity contribution is 0.0521. The van der Waals surface area contributed by atoms with Crippen molar-refractivity contribution < 1.29 is 14.3 Å². The maximum atomic E-state index is 12.5. The number of aryl methyl sites for hydroxylation is 1. The molecule has 0 aliphatic rings. The molecule has 3 aromatic rings. The highest BCUT2D eigenvalue weighted by Crippen LogP contribution is 2.37. The summed E-state index contributed by atoms with van der Waals surface area (Å²) in [5.74, 6) is 0.542. The highest BCUT2D eigenvalue weighted by molar-refractivity contribution is 5.98. The molecule has 150 valence electrons. The number of nitrogens with zero attached hydrogens (tertiary/aromatic N) is 3. The molecule has 3 rings (SSSR count). The van der Waals surface area contributed by atoms with Crippen molar-refractivity contribution in [3.63, 3.8) is 0 Å². The van der Waals surface area contributed by atoms with E-state index >= 15 is 0 Å². The number of hydrogen-bond acceptors (Lipinski definition) is 8. The van der Waals surface area contributed by atoms with Crippen LogP contribution in [0.1, 0.15) is 28.5 Å². The summed E-state index contributed by atoms with van der Waals surface area (Å²) in [6.07, 6.45) is 1.57. The Morgan fingerprint density at radius 3 is 2.55 bits per heavy atom. The average Bonchev–Trinajstić information content (AvgIpc) is 2.70. The third kappa shape index (κ3) is 3.69. The van der Waals surface area contributed by atoms with Crippen LogP contribution in [-0.4, -0.2) is 34.6 Å². The highest BCUT2D eigenvalue weighted by Gasteiger charge is 2.24. The van der Waals surface area contributed by atoms with Gasteiger partial charge in [-0.15, -0.1) is 0 Å². The fourth-order valence-corrected chi connectivity index (χ4v) is 3.16. The van der Waals surface area contributed by atoms with Crippen molar-refractivity contribution in [1.82, 2.24) is 15.0 Å². The average molecular weight is 393 g/mol. The number of methoxy groups -OCH3 is 1. The monoisotopic (exact) mass is 393 g/mol. The number of anilines is 2. The Bertz CT molecular complexity index is 1080. The second-order valence-electron chi connectivity index (χ2n) is 6.40. The lowest BCUT2D eigenvalue weighted by Crippen LogP contribution is -2.14. The van der Waals surface area contributed by atoms with Gasteiger partial charge in [-0.1, -0.05) is 6.07 Å². The van der Waals surface area contributed by atoms with Crippen LogP contribution in [0.25, 0.3) is 22.6 Å². The maximum absolute atomic E-state index is 12.5. The second-order valence-corrected chi connectivity index (χ2v) is 6.40. The summed E-state index contributed by atoms with van der Waals surface area (Å²) >= 11 is 0. The van der Waals surface area contributed by atoms with Crippen LogP contribution in [0.15, 0.2) is 30.5 Å². The van der Waals surface area contributed by atoms with Gasteiger partial charge in [-0.05, 0) is 44.5 Å². The van der Waals surface area contributed by atoms with Crippen molar-refractivity contribution in [1.29, 1.82) is 0 Å². The van der Waals surface area contributed by atoms with Gasteiger partial charge in [0.2, 0.25) is 0 Å². The zero-order valence-corrected chi connectivity index (χ0v) is 16.8. The van der Waals surface area contributed by atoms with Crippen LogP contribution in [0.3, 0.4) is 0 Å². The van der Waals surface area contributed by atoms with E-state index in [1.54, 1.807) is 32.4 Å². The number of aromatic nitrogens is 3. The molecule has 2 heterocycles. The van der Waals surface area contributed by atoms with E-state index in [2.05, 4.69) is 15.0 Å². The summed E-state index contributed by atoms with van der Waals surface area (Å²) in [6.45, 7) is 5.75. The Labute approximate surface area is 168 Å². The first-order valence-corrected chi connectivity index (χ1v) is 9.09. The summed E-state index contributed by atoms with van der Waals surface area (Å²) < 4.78 is 10.6. The highest BCUT2D eigenvalue weighted by atomic mass is 16.5. The molecule has 0 spiro atoms. The first-order valence-electron chi connectivity index (χ1n) is 9.09. The Kier molecular flexibility index (Phi) is 5.63. The minimum atomic E-state index is -0.629. The van der Waals surface area contributed by atoms with E-state index in [-0.39, 0.29) is 29.6 Å². The van der Waals surface area contributed by atoms with Crippen molar-refractivity contribution in [2.75, 3.05) is 25.2 Å². The standard InChI is InChI=1S/C21H23N5O3/c1-5-29-21(27)18-16(22)17(15-11(2)8-9-14(28-4)12(15)3)25-20(26-18)13-7-6-10-24-19(13)23/h6-10H,5,22H2,1-4H3,(H2,23,24). The third-order valence-corrected chi connectivity index (χ3v) is 4.57. The summed E-state index contributed by atoms with van der Waals surface area (Å²) in [7, 11) is 1.59. The van der Waals surface area contributed by atoms with Gasteiger partial charge in [0.25, 0.3) is 0 Å². The Morgan fingerprint density at radius 2 is 1.90 bits per heavy atom. The van der Waals surface area contributed by atoms with E-state index in [0.29, 0.717) is 17.0 Å². The minimum absolute atomic E-state index is 0.0169. The van der Waals surface area contributed by atoms with Crippen LogP contribution in [0.4, 0.5) is 11.5 Å². The van der Waals surface area contributed by atoms with E-state index in [0.717, 1.165) is 16.7 Å². The van der Waals surface area contributed by atoms with Gasteiger partial charge < -0.3 is 20.9 Å². The fraction of sp³-hybridized carbons (Fsp3) is 0.238. The van der Waals surface area contributed by atoms with Gasteiger partial charge in [0.05, 0.1) is 30.7 Å². The molecule has 0 amide bonds. The SMILES string of the molecule is CCOC(=O)c1nc(-c2cccnc2N)nc(-c2c(C)ccc(OC)c2C)c1N. The number of nitrogen functional groups attached to an aromatic ring is 2. The van der Waals surface area contributed by atoms with E-state index in [1.807, 2.05) is 26.0 Å². The molecular weight excluding hydrogens is 370 g/mol. The number of hydrogen-bond donors (Lipinski definition) is 2. The van der Waals surface area contributed by atoms with E-state index in [4.69, 9.17) is 20.9 Å². The van der Waals surface area contributed by atoms with Crippen molar-refractivity contribution in [3.8, 4) is 28.4 Å². The molecule has 8 heteroatoms. The largest absolute Gasteiger partial charge is 0.496 e. The molecule has 0 aliphatic heterocycles. The minimum Gasteiger partial charge on any atom is -0.496 e. The molecule has 8 nitrogen and oxygen atoms in total. The van der Waals surface area contributed by atoms with Gasteiger partial charge in [-0.25, -0.2) is 19.7 Å². The van der Waals surface area contributed by atoms with Crippen LogP contribution in [-0.2, 0) is 4.74 Å². The van der Waals surface area contributed by atoms with Crippen LogP contribution in [0.2, 0.25) is 0 Å². The number of carbonyl (C=O) groups excluding carboxylic acids is 1. The topological polar surface area (TPSA) is 126 Å². The number of pyridine rings is 1. The Morgan fingerprint density at radius 1 is 1.14 bits per heavy atom. The molecule has 29 heavy (non-hydrogen) atoms. The van der Waals surface area contributed by atoms with Crippen molar-refractivity contribution in [2.45, 2.75) is 20.8 Å². The molecule has 1 aromatic carbocycles. The van der Waals surface area contributed by atoms with E-state index in [1.165, 1.54) is 0 Å². The second kappa shape index (κ2) is 8.14. The fourth-order valence-electron chi connectivity index (χ4n) is 3.16. The first-order chi connectivity index (χ1) is 13.9. The molecule has 0 atom stereocenters. The van der Waals surface area contributed by atoms with Gasteiger partial charge in [-0.3, -0.25) is 0 Å². The third-order valence-electron chi connectivity index (χ3n) is 4.57. The molecular formula is C21H23N5O3. The lowest BCUT2D eigenvalue weighted by atomic mass is 9.97. The van der Waals surface area contributed by atoms with Crippen molar-refractivity contribution in [3.05, 3.63) is 47.3 Å². The van der Waals surface area contributed by atoms with Gasteiger partial charge in [0.15, 0.2) is 11.5 Å².